The molecule has 1 atom stereocenters. The van der Waals surface area contributed by atoms with Crippen LogP contribution in [0.4, 0.5) is 0 Å². The van der Waals surface area contributed by atoms with Crippen molar-refractivity contribution in [2.45, 2.75) is 58.9 Å². The van der Waals surface area contributed by atoms with Crippen molar-refractivity contribution in [3.63, 3.8) is 0 Å². The van der Waals surface area contributed by atoms with Crippen LogP contribution in [-0.4, -0.2) is 19.2 Å². The van der Waals surface area contributed by atoms with E-state index in [1.807, 2.05) is 0 Å². The molecule has 108 valence electrons. The Hall–Kier alpha value is -1.02. The van der Waals surface area contributed by atoms with E-state index in [2.05, 4.69) is 64.2 Å². The number of hydrogen-bond acceptors (Lipinski definition) is 2. The molecular formula is C17H29NO. The van der Waals surface area contributed by atoms with Crippen molar-refractivity contribution in [1.82, 2.24) is 5.32 Å². The number of hydrogen-bond donors (Lipinski definition) is 1. The van der Waals surface area contributed by atoms with Gasteiger partial charge in [0, 0.05) is 6.04 Å². The molecule has 1 aromatic rings. The van der Waals surface area contributed by atoms with Gasteiger partial charge in [0.15, 0.2) is 0 Å². The summed E-state index contributed by atoms with van der Waals surface area (Å²) in [5.74, 6) is 1.04. The average molecular weight is 263 g/mol. The summed E-state index contributed by atoms with van der Waals surface area (Å²) in [4.78, 5) is 0. The van der Waals surface area contributed by atoms with Crippen molar-refractivity contribution in [3.8, 4) is 5.75 Å². The molecule has 1 unspecified atom stereocenters. The number of ether oxygens (including phenoxy) is 1. The SMILES string of the molecule is CCCOc1ccccc1C(C)(C)CC(C)NCC. The molecule has 0 fully saturated rings. The van der Waals surface area contributed by atoms with Crippen molar-refractivity contribution < 1.29 is 4.74 Å². The standard InChI is InChI=1S/C17H29NO/c1-6-12-19-16-11-9-8-10-15(16)17(4,5)13-14(3)18-7-2/h8-11,14,18H,6-7,12-13H2,1-5H3. The molecule has 2 heteroatoms. The van der Waals surface area contributed by atoms with Crippen LogP contribution in [0.2, 0.25) is 0 Å². The third kappa shape index (κ3) is 4.87. The molecule has 2 nitrogen and oxygen atoms in total. The average Bonchev–Trinajstić information content (AvgIpc) is 2.36. The normalized spacial score (nSPS) is 13.3. The van der Waals surface area contributed by atoms with E-state index >= 15 is 0 Å². The molecule has 0 aromatic heterocycles. The van der Waals surface area contributed by atoms with Gasteiger partial charge in [-0.1, -0.05) is 45.9 Å². The molecule has 0 saturated carbocycles. The summed E-state index contributed by atoms with van der Waals surface area (Å²) < 4.78 is 5.89. The van der Waals surface area contributed by atoms with Gasteiger partial charge in [-0.05, 0) is 43.4 Å². The lowest BCUT2D eigenvalue weighted by Crippen LogP contribution is -2.33. The van der Waals surface area contributed by atoms with Crippen LogP contribution in [0.5, 0.6) is 5.75 Å². The van der Waals surface area contributed by atoms with Crippen LogP contribution in [0, 0.1) is 0 Å². The maximum Gasteiger partial charge on any atom is 0.123 e. The first kappa shape index (κ1) is 16.0. The predicted molar refractivity (Wildman–Crippen MR) is 83.0 cm³/mol. The van der Waals surface area contributed by atoms with Gasteiger partial charge in [-0.25, -0.2) is 0 Å². The van der Waals surface area contributed by atoms with Crippen LogP contribution in [0.1, 0.15) is 53.0 Å². The third-order valence-corrected chi connectivity index (χ3v) is 3.45. The molecule has 0 amide bonds. The Bertz CT molecular complexity index is 373. The lowest BCUT2D eigenvalue weighted by molar-refractivity contribution is 0.301. The maximum atomic E-state index is 5.89. The molecule has 1 rings (SSSR count). The summed E-state index contributed by atoms with van der Waals surface area (Å²) in [7, 11) is 0. The molecule has 0 aliphatic carbocycles. The molecule has 1 N–H and O–H groups in total. The molecule has 19 heavy (non-hydrogen) atoms. The summed E-state index contributed by atoms with van der Waals surface area (Å²) in [6, 6.07) is 8.96. The molecular weight excluding hydrogens is 234 g/mol. The molecule has 0 saturated heterocycles. The summed E-state index contributed by atoms with van der Waals surface area (Å²) in [5, 5.41) is 3.49. The quantitative estimate of drug-likeness (QED) is 0.761. The fourth-order valence-electron chi connectivity index (χ4n) is 2.66. The fourth-order valence-corrected chi connectivity index (χ4v) is 2.66. The second kappa shape index (κ2) is 7.54. The molecule has 0 aliphatic heterocycles. The Morgan fingerprint density at radius 2 is 1.89 bits per heavy atom. The van der Waals surface area contributed by atoms with Gasteiger partial charge in [0.1, 0.15) is 5.75 Å². The van der Waals surface area contributed by atoms with Gasteiger partial charge in [0.2, 0.25) is 0 Å². The summed E-state index contributed by atoms with van der Waals surface area (Å²) in [6.07, 6.45) is 2.15. The minimum absolute atomic E-state index is 0.117. The van der Waals surface area contributed by atoms with Crippen LogP contribution in [0.25, 0.3) is 0 Å². The van der Waals surface area contributed by atoms with Crippen molar-refractivity contribution in [2.24, 2.45) is 0 Å². The minimum atomic E-state index is 0.117. The van der Waals surface area contributed by atoms with E-state index < -0.39 is 0 Å². The Kier molecular flexibility index (Phi) is 6.36. The summed E-state index contributed by atoms with van der Waals surface area (Å²) in [5.41, 5.74) is 1.43. The van der Waals surface area contributed by atoms with Gasteiger partial charge in [-0.15, -0.1) is 0 Å². The Balaban J connectivity index is 2.86. The van der Waals surface area contributed by atoms with E-state index in [-0.39, 0.29) is 5.41 Å². The predicted octanol–water partition coefficient (Wildman–Crippen LogP) is 4.14. The van der Waals surface area contributed by atoms with E-state index in [0.717, 1.165) is 31.7 Å². The highest BCUT2D eigenvalue weighted by atomic mass is 16.5. The van der Waals surface area contributed by atoms with E-state index in [9.17, 15) is 0 Å². The van der Waals surface area contributed by atoms with Crippen molar-refractivity contribution in [2.75, 3.05) is 13.2 Å². The molecule has 0 radical (unpaired) electrons. The Labute approximate surface area is 118 Å². The number of para-hydroxylation sites is 1. The van der Waals surface area contributed by atoms with E-state index in [0.29, 0.717) is 6.04 Å². The van der Waals surface area contributed by atoms with Crippen molar-refractivity contribution in [1.29, 1.82) is 0 Å². The molecule has 0 spiro atoms. The van der Waals surface area contributed by atoms with E-state index in [1.165, 1.54) is 5.56 Å². The maximum absolute atomic E-state index is 5.89. The highest BCUT2D eigenvalue weighted by Gasteiger charge is 2.26. The third-order valence-electron chi connectivity index (χ3n) is 3.45. The molecule has 1 aromatic carbocycles. The first-order valence-electron chi connectivity index (χ1n) is 7.47. The van der Waals surface area contributed by atoms with Gasteiger partial charge in [-0.3, -0.25) is 0 Å². The van der Waals surface area contributed by atoms with Gasteiger partial charge in [-0.2, -0.15) is 0 Å². The monoisotopic (exact) mass is 263 g/mol. The number of rotatable bonds is 8. The molecule has 0 aliphatic rings. The van der Waals surface area contributed by atoms with Gasteiger partial charge < -0.3 is 10.1 Å². The van der Waals surface area contributed by atoms with E-state index in [4.69, 9.17) is 4.74 Å². The van der Waals surface area contributed by atoms with Crippen LogP contribution in [0.15, 0.2) is 24.3 Å². The Morgan fingerprint density at radius 3 is 2.53 bits per heavy atom. The highest BCUT2D eigenvalue weighted by Crippen LogP contribution is 2.35. The molecule has 0 heterocycles. The Morgan fingerprint density at radius 1 is 1.21 bits per heavy atom. The number of benzene rings is 1. The summed E-state index contributed by atoms with van der Waals surface area (Å²) in [6.45, 7) is 13.0. The summed E-state index contributed by atoms with van der Waals surface area (Å²) >= 11 is 0. The molecule has 0 bridgehead atoms. The zero-order valence-corrected chi connectivity index (χ0v) is 13.1. The minimum Gasteiger partial charge on any atom is -0.493 e. The zero-order chi connectivity index (χ0) is 14.3. The van der Waals surface area contributed by atoms with Crippen LogP contribution in [-0.2, 0) is 5.41 Å². The smallest absolute Gasteiger partial charge is 0.123 e. The fraction of sp³-hybridized carbons (Fsp3) is 0.647. The number of nitrogens with one attached hydrogen (secondary N) is 1. The zero-order valence-electron chi connectivity index (χ0n) is 13.1. The van der Waals surface area contributed by atoms with Crippen molar-refractivity contribution in [3.05, 3.63) is 29.8 Å². The highest BCUT2D eigenvalue weighted by molar-refractivity contribution is 5.39. The lowest BCUT2D eigenvalue weighted by atomic mass is 9.79. The second-order valence-corrected chi connectivity index (χ2v) is 5.89. The first-order valence-corrected chi connectivity index (χ1v) is 7.47. The van der Waals surface area contributed by atoms with Crippen molar-refractivity contribution >= 4 is 0 Å². The van der Waals surface area contributed by atoms with Crippen LogP contribution >= 0.6 is 0 Å². The van der Waals surface area contributed by atoms with Gasteiger partial charge in [0.25, 0.3) is 0 Å². The van der Waals surface area contributed by atoms with Gasteiger partial charge in [0.05, 0.1) is 6.61 Å². The largest absolute Gasteiger partial charge is 0.493 e. The topological polar surface area (TPSA) is 21.3 Å². The van der Waals surface area contributed by atoms with E-state index in [1.54, 1.807) is 0 Å². The lowest BCUT2D eigenvalue weighted by Gasteiger charge is -2.30. The van der Waals surface area contributed by atoms with Crippen LogP contribution < -0.4 is 10.1 Å². The van der Waals surface area contributed by atoms with Gasteiger partial charge >= 0.3 is 0 Å². The first-order chi connectivity index (χ1) is 9.01. The van der Waals surface area contributed by atoms with Crippen LogP contribution in [0.3, 0.4) is 0 Å². The second-order valence-electron chi connectivity index (χ2n) is 5.89.